The monoisotopic (exact) mass is 269 g/mol. The van der Waals surface area contributed by atoms with Crippen LogP contribution in [0.2, 0.25) is 0 Å². The fraction of sp³-hybridized carbons (Fsp3) is 0.333. The fourth-order valence-electron chi connectivity index (χ4n) is 2.28. The van der Waals surface area contributed by atoms with Gasteiger partial charge in [0.2, 0.25) is 0 Å². The number of benzene rings is 2. The highest BCUT2D eigenvalue weighted by atomic mass is 16.5. The molecule has 2 aromatic rings. The lowest BCUT2D eigenvalue weighted by Gasteiger charge is -2.22. The van der Waals surface area contributed by atoms with Crippen LogP contribution in [0.25, 0.3) is 0 Å². The minimum atomic E-state index is 0.689. The number of para-hydroxylation sites is 1. The Morgan fingerprint density at radius 3 is 2.50 bits per heavy atom. The Morgan fingerprint density at radius 1 is 1.00 bits per heavy atom. The van der Waals surface area contributed by atoms with Gasteiger partial charge >= 0.3 is 0 Å². The van der Waals surface area contributed by atoms with Crippen LogP contribution in [0.5, 0.6) is 0 Å². The largest absolute Gasteiger partial charge is 0.375 e. The van der Waals surface area contributed by atoms with Crippen LogP contribution in [0.1, 0.15) is 18.1 Å². The van der Waals surface area contributed by atoms with E-state index in [1.54, 1.807) is 0 Å². The van der Waals surface area contributed by atoms with Gasteiger partial charge in [0.05, 0.1) is 13.2 Å². The summed E-state index contributed by atoms with van der Waals surface area (Å²) in [6.07, 6.45) is 0. The number of rotatable bonds is 7. The van der Waals surface area contributed by atoms with Crippen molar-refractivity contribution in [3.63, 3.8) is 0 Å². The van der Waals surface area contributed by atoms with Gasteiger partial charge in [-0.3, -0.25) is 0 Å². The van der Waals surface area contributed by atoms with E-state index in [-0.39, 0.29) is 0 Å². The van der Waals surface area contributed by atoms with Gasteiger partial charge in [-0.25, -0.2) is 0 Å². The topological polar surface area (TPSA) is 12.5 Å². The number of anilines is 1. The molecule has 0 amide bonds. The number of aryl methyl sites for hydroxylation is 1. The quantitative estimate of drug-likeness (QED) is 0.703. The second kappa shape index (κ2) is 7.71. The summed E-state index contributed by atoms with van der Waals surface area (Å²) in [5.41, 5.74) is 3.78. The van der Waals surface area contributed by atoms with E-state index in [1.807, 2.05) is 6.07 Å². The molecular formula is C18H23NO. The number of nitrogens with zero attached hydrogens (tertiary/aromatic N) is 1. The third kappa shape index (κ3) is 4.39. The highest BCUT2D eigenvalue weighted by Gasteiger charge is 2.03. The van der Waals surface area contributed by atoms with E-state index in [0.29, 0.717) is 6.61 Å². The average Bonchev–Trinajstić information content (AvgIpc) is 2.48. The first-order valence-electron chi connectivity index (χ1n) is 7.23. The van der Waals surface area contributed by atoms with Crippen LogP contribution in [0.3, 0.4) is 0 Å². The Bertz CT molecular complexity index is 510. The van der Waals surface area contributed by atoms with Crippen LogP contribution in [0.15, 0.2) is 54.6 Å². The van der Waals surface area contributed by atoms with Crippen LogP contribution in [0.4, 0.5) is 5.69 Å². The molecule has 0 bridgehead atoms. The normalized spacial score (nSPS) is 10.5. The second-order valence-electron chi connectivity index (χ2n) is 4.96. The Labute approximate surface area is 122 Å². The molecule has 0 saturated heterocycles. The van der Waals surface area contributed by atoms with Gasteiger partial charge in [-0.1, -0.05) is 48.0 Å². The minimum absolute atomic E-state index is 0.689. The van der Waals surface area contributed by atoms with E-state index in [9.17, 15) is 0 Å². The van der Waals surface area contributed by atoms with Crippen molar-refractivity contribution in [2.75, 3.05) is 24.6 Å². The van der Waals surface area contributed by atoms with Gasteiger partial charge in [-0.15, -0.1) is 0 Å². The van der Waals surface area contributed by atoms with Crippen molar-refractivity contribution < 1.29 is 4.74 Å². The van der Waals surface area contributed by atoms with Gasteiger partial charge in [0.25, 0.3) is 0 Å². The second-order valence-corrected chi connectivity index (χ2v) is 4.96. The molecular weight excluding hydrogens is 246 g/mol. The van der Waals surface area contributed by atoms with E-state index in [2.05, 4.69) is 67.3 Å². The zero-order valence-electron chi connectivity index (χ0n) is 12.4. The van der Waals surface area contributed by atoms with Gasteiger partial charge in [0.15, 0.2) is 0 Å². The Morgan fingerprint density at radius 2 is 1.80 bits per heavy atom. The van der Waals surface area contributed by atoms with E-state index >= 15 is 0 Å². The maximum absolute atomic E-state index is 5.79. The van der Waals surface area contributed by atoms with E-state index in [4.69, 9.17) is 4.74 Å². The van der Waals surface area contributed by atoms with Crippen molar-refractivity contribution in [2.45, 2.75) is 20.5 Å². The van der Waals surface area contributed by atoms with Gasteiger partial charge in [-0.05, 0) is 31.5 Å². The third-order valence-corrected chi connectivity index (χ3v) is 3.36. The molecule has 2 nitrogen and oxygen atoms in total. The Balaban J connectivity index is 1.77. The van der Waals surface area contributed by atoms with Gasteiger partial charge in [0.1, 0.15) is 0 Å². The molecule has 0 saturated carbocycles. The molecule has 0 spiro atoms. The predicted octanol–water partition coefficient (Wildman–Crippen LogP) is 4.04. The van der Waals surface area contributed by atoms with Crippen LogP contribution < -0.4 is 4.90 Å². The van der Waals surface area contributed by atoms with Gasteiger partial charge in [-0.2, -0.15) is 0 Å². The Hall–Kier alpha value is -1.80. The summed E-state index contributed by atoms with van der Waals surface area (Å²) in [6, 6.07) is 19.0. The lowest BCUT2D eigenvalue weighted by Crippen LogP contribution is -2.26. The van der Waals surface area contributed by atoms with E-state index < -0.39 is 0 Å². The van der Waals surface area contributed by atoms with Crippen molar-refractivity contribution in [3.05, 3.63) is 65.7 Å². The summed E-state index contributed by atoms with van der Waals surface area (Å²) in [6.45, 7) is 7.64. The lowest BCUT2D eigenvalue weighted by atomic mass is 10.1. The van der Waals surface area contributed by atoms with Crippen LogP contribution >= 0.6 is 0 Å². The standard InChI is InChI=1S/C18H23NO/c1-3-19(18-10-5-4-6-11-18)12-13-20-15-17-9-7-8-16(2)14-17/h4-11,14H,3,12-13,15H2,1-2H3. The molecule has 0 aliphatic heterocycles. The summed E-state index contributed by atoms with van der Waals surface area (Å²) >= 11 is 0. The predicted molar refractivity (Wildman–Crippen MR) is 85.2 cm³/mol. The molecule has 0 N–H and O–H groups in total. The maximum Gasteiger partial charge on any atom is 0.0717 e. The summed E-state index contributed by atoms with van der Waals surface area (Å²) < 4.78 is 5.79. The highest BCUT2D eigenvalue weighted by molar-refractivity contribution is 5.45. The smallest absolute Gasteiger partial charge is 0.0717 e. The fourth-order valence-corrected chi connectivity index (χ4v) is 2.28. The van der Waals surface area contributed by atoms with Crippen molar-refractivity contribution in [3.8, 4) is 0 Å². The number of likely N-dealkylation sites (N-methyl/N-ethyl adjacent to an activating group) is 1. The van der Waals surface area contributed by atoms with Crippen LogP contribution in [0, 0.1) is 6.92 Å². The summed E-state index contributed by atoms with van der Waals surface area (Å²) in [5, 5.41) is 0. The van der Waals surface area contributed by atoms with E-state index in [1.165, 1.54) is 16.8 Å². The van der Waals surface area contributed by atoms with Gasteiger partial charge < -0.3 is 9.64 Å². The summed E-state index contributed by atoms with van der Waals surface area (Å²) in [4.78, 5) is 2.33. The van der Waals surface area contributed by atoms with Crippen molar-refractivity contribution in [1.82, 2.24) is 0 Å². The molecule has 106 valence electrons. The molecule has 20 heavy (non-hydrogen) atoms. The molecule has 2 heteroatoms. The first-order chi connectivity index (χ1) is 9.79. The van der Waals surface area contributed by atoms with Gasteiger partial charge in [0, 0.05) is 18.8 Å². The molecule has 0 aliphatic rings. The van der Waals surface area contributed by atoms with Crippen molar-refractivity contribution >= 4 is 5.69 Å². The van der Waals surface area contributed by atoms with Crippen LogP contribution in [-0.2, 0) is 11.3 Å². The average molecular weight is 269 g/mol. The molecule has 0 fully saturated rings. The van der Waals surface area contributed by atoms with E-state index in [0.717, 1.165) is 19.7 Å². The molecule has 2 rings (SSSR count). The summed E-state index contributed by atoms with van der Waals surface area (Å²) in [5.74, 6) is 0. The molecule has 0 radical (unpaired) electrons. The lowest BCUT2D eigenvalue weighted by molar-refractivity contribution is 0.127. The number of ether oxygens (including phenoxy) is 1. The highest BCUT2D eigenvalue weighted by Crippen LogP contribution is 2.12. The SMILES string of the molecule is CCN(CCOCc1cccc(C)c1)c1ccccc1. The molecule has 0 unspecified atom stereocenters. The zero-order chi connectivity index (χ0) is 14.2. The maximum atomic E-state index is 5.79. The third-order valence-electron chi connectivity index (χ3n) is 3.36. The van der Waals surface area contributed by atoms with Crippen molar-refractivity contribution in [1.29, 1.82) is 0 Å². The minimum Gasteiger partial charge on any atom is -0.375 e. The summed E-state index contributed by atoms with van der Waals surface area (Å²) in [7, 11) is 0. The molecule has 0 aliphatic carbocycles. The molecule has 0 heterocycles. The first-order valence-corrected chi connectivity index (χ1v) is 7.23. The molecule has 2 aromatic carbocycles. The number of hydrogen-bond acceptors (Lipinski definition) is 2. The molecule has 0 aromatic heterocycles. The van der Waals surface area contributed by atoms with Crippen LogP contribution in [-0.4, -0.2) is 19.7 Å². The zero-order valence-corrected chi connectivity index (χ0v) is 12.4. The number of hydrogen-bond donors (Lipinski definition) is 0. The Kier molecular flexibility index (Phi) is 5.63. The first kappa shape index (κ1) is 14.6. The van der Waals surface area contributed by atoms with Crippen molar-refractivity contribution in [2.24, 2.45) is 0 Å². The molecule has 0 atom stereocenters.